The van der Waals surface area contributed by atoms with Crippen molar-refractivity contribution in [2.75, 3.05) is 57.2 Å². The van der Waals surface area contributed by atoms with Crippen molar-refractivity contribution in [1.82, 2.24) is 29.0 Å². The molecule has 2 aromatic heterocycles. The first-order valence-electron chi connectivity index (χ1n) is 14.7. The highest BCUT2D eigenvalue weighted by Crippen LogP contribution is 2.31. The van der Waals surface area contributed by atoms with E-state index in [0.717, 1.165) is 16.8 Å². The maximum atomic E-state index is 13.9. The quantitative estimate of drug-likeness (QED) is 0.331. The smallest absolute Gasteiger partial charge is 0.416 e. The highest BCUT2D eigenvalue weighted by molar-refractivity contribution is 5.95. The molecule has 14 nitrogen and oxygen atoms in total. The average molecular weight is 659 g/mol. The third kappa shape index (κ3) is 7.51. The van der Waals surface area contributed by atoms with Crippen LogP contribution in [0.25, 0.3) is 0 Å². The maximum Gasteiger partial charge on any atom is 0.416 e. The van der Waals surface area contributed by atoms with Gasteiger partial charge in [0.25, 0.3) is 11.5 Å². The van der Waals surface area contributed by atoms with Crippen molar-refractivity contribution in [3.05, 3.63) is 68.7 Å². The lowest BCUT2D eigenvalue weighted by atomic mass is 10.1. The van der Waals surface area contributed by atoms with Gasteiger partial charge in [0.05, 0.1) is 23.6 Å². The molecule has 1 aliphatic rings. The van der Waals surface area contributed by atoms with Crippen LogP contribution in [0.5, 0.6) is 5.75 Å². The number of aryl methyl sites for hydroxylation is 2. The van der Waals surface area contributed by atoms with Crippen LogP contribution in [0.15, 0.2) is 39.4 Å². The van der Waals surface area contributed by atoms with Crippen LogP contribution in [0.2, 0.25) is 0 Å². The molecule has 0 atom stereocenters. The molecule has 0 aliphatic carbocycles. The third-order valence-electron chi connectivity index (χ3n) is 7.62. The van der Waals surface area contributed by atoms with Crippen molar-refractivity contribution < 1.29 is 27.9 Å². The van der Waals surface area contributed by atoms with Gasteiger partial charge in [0.2, 0.25) is 11.5 Å². The zero-order valence-electron chi connectivity index (χ0n) is 26.8. The number of hydrogen-bond acceptors (Lipinski definition) is 10. The zero-order chi connectivity index (χ0) is 34.6. The Hall–Kier alpha value is -5.06. The Morgan fingerprint density at radius 2 is 1.81 bits per heavy atom. The third-order valence-corrected chi connectivity index (χ3v) is 7.62. The minimum atomic E-state index is -4.53. The number of nitrogens with zero attached hydrogens (tertiary/aromatic N) is 9. The van der Waals surface area contributed by atoms with Crippen molar-refractivity contribution in [3.8, 4) is 5.75 Å². The van der Waals surface area contributed by atoms with E-state index >= 15 is 0 Å². The summed E-state index contributed by atoms with van der Waals surface area (Å²) in [7, 11) is 3.55. The van der Waals surface area contributed by atoms with Crippen molar-refractivity contribution in [2.24, 2.45) is 10.1 Å². The van der Waals surface area contributed by atoms with E-state index in [0.29, 0.717) is 12.1 Å². The topological polar surface area (TPSA) is 154 Å². The molecule has 2 amide bonds. The average Bonchev–Trinajstić information content (AvgIpc) is 3.02. The molecule has 1 fully saturated rings. The van der Waals surface area contributed by atoms with Gasteiger partial charge in [-0.05, 0) is 58.1 Å². The second-order valence-corrected chi connectivity index (χ2v) is 11.2. The van der Waals surface area contributed by atoms with E-state index in [1.165, 1.54) is 24.2 Å². The molecule has 0 spiro atoms. The fourth-order valence-corrected chi connectivity index (χ4v) is 5.22. The Balaban J connectivity index is 1.71. The zero-order valence-corrected chi connectivity index (χ0v) is 26.8. The molecule has 0 bridgehead atoms. The van der Waals surface area contributed by atoms with Crippen molar-refractivity contribution >= 4 is 29.9 Å². The van der Waals surface area contributed by atoms with Gasteiger partial charge in [-0.1, -0.05) is 6.92 Å². The minimum Gasteiger partial charge on any atom is -0.504 e. The Morgan fingerprint density at radius 1 is 1.13 bits per heavy atom. The summed E-state index contributed by atoms with van der Waals surface area (Å²) in [6, 6.07) is 3.04. The number of benzene rings is 1. The maximum absolute atomic E-state index is 13.9. The lowest BCUT2D eigenvalue weighted by Crippen LogP contribution is -2.53. The van der Waals surface area contributed by atoms with Crippen LogP contribution in [0.4, 0.5) is 24.5 Å². The molecule has 0 saturated carbocycles. The van der Waals surface area contributed by atoms with Gasteiger partial charge < -0.3 is 24.8 Å². The Labute approximate surface area is 268 Å². The summed E-state index contributed by atoms with van der Waals surface area (Å²) in [5, 5.41) is 16.9. The summed E-state index contributed by atoms with van der Waals surface area (Å²) < 4.78 is 42.1. The van der Waals surface area contributed by atoms with Gasteiger partial charge in [0.1, 0.15) is 18.6 Å². The normalized spacial score (nSPS) is 14.1. The van der Waals surface area contributed by atoms with Crippen LogP contribution in [0.1, 0.15) is 39.9 Å². The number of hydrogen-bond donors (Lipinski definition) is 2. The van der Waals surface area contributed by atoms with E-state index in [9.17, 15) is 32.7 Å². The van der Waals surface area contributed by atoms with Crippen molar-refractivity contribution in [3.63, 3.8) is 0 Å². The van der Waals surface area contributed by atoms with Gasteiger partial charge in [-0.25, -0.2) is 15.0 Å². The summed E-state index contributed by atoms with van der Waals surface area (Å²) in [4.78, 5) is 57.9. The lowest BCUT2D eigenvalue weighted by Gasteiger charge is -2.37. The van der Waals surface area contributed by atoms with Gasteiger partial charge in [-0.3, -0.25) is 19.3 Å². The molecule has 1 saturated heterocycles. The fourth-order valence-electron chi connectivity index (χ4n) is 5.22. The number of amides is 2. The number of halogens is 3. The number of nitrogens with one attached hydrogen (secondary N) is 1. The highest BCUT2D eigenvalue weighted by atomic mass is 19.4. The van der Waals surface area contributed by atoms with E-state index in [2.05, 4.69) is 32.1 Å². The second kappa shape index (κ2) is 14.1. The summed E-state index contributed by atoms with van der Waals surface area (Å²) in [6.45, 7) is 9.07. The summed E-state index contributed by atoms with van der Waals surface area (Å²) in [6.07, 6.45) is -3.03. The first-order valence-corrected chi connectivity index (χ1v) is 14.7. The van der Waals surface area contributed by atoms with Crippen LogP contribution in [-0.2, 0) is 23.9 Å². The van der Waals surface area contributed by atoms with Crippen LogP contribution in [0.3, 0.4) is 0 Å². The van der Waals surface area contributed by atoms with Crippen LogP contribution in [0, 0.1) is 13.8 Å². The number of rotatable bonds is 9. The standard InChI is InChI=1S/C30H37F3N10O4/c1-7-22-25(40-10-12-41(13-11-40)27(46)24-26(45)19(3)35-16-36-24)28(47)43(34-4)29(37-17-39(5)6)42(22)15-23(44)38-21-9-8-20(14-18(21)2)30(31,32)33/h8-9,14,16,45H,4,7,10-13,15,17H2,1-3,5-6H3,(H,38,44)/b37-29-. The van der Waals surface area contributed by atoms with Gasteiger partial charge in [0.15, 0.2) is 11.4 Å². The van der Waals surface area contributed by atoms with Crippen molar-refractivity contribution in [2.45, 2.75) is 39.9 Å². The molecular formula is C30H37F3N10O4. The highest BCUT2D eigenvalue weighted by Gasteiger charge is 2.32. The predicted molar refractivity (Wildman–Crippen MR) is 168 cm³/mol. The van der Waals surface area contributed by atoms with Gasteiger partial charge >= 0.3 is 6.18 Å². The number of piperazine rings is 1. The summed E-state index contributed by atoms with van der Waals surface area (Å²) in [5.41, 5.74) is 0.00416. The number of aromatic nitrogens is 4. The molecule has 0 unspecified atom stereocenters. The second-order valence-electron chi connectivity index (χ2n) is 11.2. The molecule has 0 radical (unpaired) electrons. The first kappa shape index (κ1) is 34.8. The van der Waals surface area contributed by atoms with Crippen LogP contribution < -0.4 is 21.4 Å². The molecule has 1 aromatic carbocycles. The fraction of sp³-hybridized carbons (Fsp3) is 0.433. The number of alkyl halides is 3. The van der Waals surface area contributed by atoms with E-state index in [1.807, 2.05) is 6.92 Å². The van der Waals surface area contributed by atoms with Gasteiger partial charge in [0, 0.05) is 38.6 Å². The molecule has 47 heavy (non-hydrogen) atoms. The first-order chi connectivity index (χ1) is 22.2. The van der Waals surface area contributed by atoms with Gasteiger partial charge in [-0.15, -0.1) is 0 Å². The predicted octanol–water partition coefficient (Wildman–Crippen LogP) is 1.83. The SMILES string of the molecule is C=Nn1c(=O)c(N2CCN(C(=O)c3ncnc(C)c3O)CC2)c(CC)n(CC(=O)Nc2ccc(C(F)(F)F)cc2C)/c1=N/CN(C)C. The summed E-state index contributed by atoms with van der Waals surface area (Å²) in [5.74, 6) is -1.34. The van der Waals surface area contributed by atoms with E-state index in [4.69, 9.17) is 0 Å². The van der Waals surface area contributed by atoms with Gasteiger partial charge in [-0.2, -0.15) is 22.9 Å². The molecular weight excluding hydrogens is 621 g/mol. The number of carbonyl (C=O) groups excluding carboxylic acids is 2. The molecule has 17 heteroatoms. The minimum absolute atomic E-state index is 0.0574. The van der Waals surface area contributed by atoms with E-state index in [-0.39, 0.29) is 79.1 Å². The Morgan fingerprint density at radius 3 is 2.38 bits per heavy atom. The number of aromatic hydroxyl groups is 1. The van der Waals surface area contributed by atoms with Crippen LogP contribution >= 0.6 is 0 Å². The van der Waals surface area contributed by atoms with Crippen molar-refractivity contribution in [1.29, 1.82) is 0 Å². The Kier molecular flexibility index (Phi) is 10.5. The molecule has 4 rings (SSSR count). The number of carbonyl (C=O) groups is 2. The molecule has 3 heterocycles. The Bertz CT molecular complexity index is 1810. The molecule has 1 aliphatic heterocycles. The lowest BCUT2D eigenvalue weighted by molar-refractivity contribution is -0.137. The molecule has 252 valence electrons. The summed E-state index contributed by atoms with van der Waals surface area (Å²) >= 11 is 0. The number of anilines is 2. The molecule has 3 aromatic rings. The monoisotopic (exact) mass is 658 g/mol. The van der Waals surface area contributed by atoms with Crippen LogP contribution in [-0.4, -0.2) is 99.6 Å². The van der Waals surface area contributed by atoms with E-state index in [1.54, 1.807) is 35.4 Å². The van der Waals surface area contributed by atoms with E-state index < -0.39 is 29.1 Å². The molecule has 2 N–H and O–H groups in total. The largest absolute Gasteiger partial charge is 0.504 e.